The number of carbonyl (C=O) groups is 2. The van der Waals surface area contributed by atoms with Crippen molar-refractivity contribution in [3.8, 4) is 0 Å². The Morgan fingerprint density at radius 1 is 1.36 bits per heavy atom. The number of carbonyl (C=O) groups excluding carboxylic acids is 2. The molecule has 0 saturated carbocycles. The van der Waals surface area contributed by atoms with E-state index in [4.69, 9.17) is 4.74 Å². The Kier molecular flexibility index (Phi) is 4.04. The van der Waals surface area contributed by atoms with Crippen LogP contribution in [0, 0.1) is 0 Å². The van der Waals surface area contributed by atoms with Crippen LogP contribution in [0.15, 0.2) is 24.4 Å². The van der Waals surface area contributed by atoms with E-state index in [1.165, 1.54) is 0 Å². The van der Waals surface area contributed by atoms with Gasteiger partial charge in [-0.05, 0) is 18.1 Å². The largest absolute Gasteiger partial charge is 0.346 e. The first-order valence-electron chi connectivity index (χ1n) is 8.53. The third-order valence-electron chi connectivity index (χ3n) is 4.90. The molecule has 2 saturated heterocycles. The number of nitrogens with one attached hydrogen (secondary N) is 3. The molecule has 3 amide bonds. The molecular weight excluding hydrogens is 322 g/mol. The van der Waals surface area contributed by atoms with Gasteiger partial charge in [0.25, 0.3) is 0 Å². The number of hydrogen-bond donors (Lipinski definition) is 3. The fourth-order valence-electron chi connectivity index (χ4n) is 3.44. The van der Waals surface area contributed by atoms with Gasteiger partial charge in [0, 0.05) is 37.9 Å². The van der Waals surface area contributed by atoms with Gasteiger partial charge in [0.05, 0.1) is 11.7 Å². The summed E-state index contributed by atoms with van der Waals surface area (Å²) in [7, 11) is 0. The monoisotopic (exact) mass is 343 g/mol. The highest BCUT2D eigenvalue weighted by Gasteiger charge is 2.42. The Bertz CT molecular complexity index is 794. The van der Waals surface area contributed by atoms with E-state index in [0.717, 1.165) is 22.9 Å². The van der Waals surface area contributed by atoms with Crippen molar-refractivity contribution in [3.63, 3.8) is 0 Å². The first kappa shape index (κ1) is 15.9. The number of aromatic amines is 1. The molecule has 0 unspecified atom stereocenters. The number of H-pyrrole nitrogens is 1. The van der Waals surface area contributed by atoms with Crippen LogP contribution < -0.4 is 10.6 Å². The minimum atomic E-state index is -0.562. The van der Waals surface area contributed by atoms with Crippen LogP contribution in [0.2, 0.25) is 0 Å². The van der Waals surface area contributed by atoms with Crippen LogP contribution in [0.25, 0.3) is 10.9 Å². The van der Waals surface area contributed by atoms with E-state index in [1.807, 2.05) is 6.07 Å². The maximum atomic E-state index is 12.3. The van der Waals surface area contributed by atoms with Crippen molar-refractivity contribution in [2.75, 3.05) is 26.2 Å². The molecule has 0 bridgehead atoms. The highest BCUT2D eigenvalue weighted by molar-refractivity contribution is 5.80. The second kappa shape index (κ2) is 6.36. The number of hydrogen-bond acceptors (Lipinski definition) is 4. The summed E-state index contributed by atoms with van der Waals surface area (Å²) in [5.41, 5.74) is 1.59. The van der Waals surface area contributed by atoms with Gasteiger partial charge < -0.3 is 20.3 Å². The minimum absolute atomic E-state index is 0.0678. The number of fused-ring (bicyclic) bond motifs is 1. The lowest BCUT2D eigenvalue weighted by Gasteiger charge is -2.38. The second-order valence-electron chi connectivity index (χ2n) is 6.59. The van der Waals surface area contributed by atoms with Gasteiger partial charge in [-0.3, -0.25) is 9.89 Å². The van der Waals surface area contributed by atoms with Crippen molar-refractivity contribution >= 4 is 22.8 Å². The highest BCUT2D eigenvalue weighted by Crippen LogP contribution is 2.26. The standard InChI is InChI=1S/C17H21N5O3/c23-15-11-25-17(20-15)4-7-22(8-5-17)16(24)18-6-3-12-1-2-13-10-19-21-14(13)9-12/h1-2,9-10H,3-8,11H2,(H,18,24)(H,19,21)(H,20,23). The van der Waals surface area contributed by atoms with Crippen LogP contribution >= 0.6 is 0 Å². The van der Waals surface area contributed by atoms with Crippen LogP contribution in [-0.4, -0.2) is 59.0 Å². The first-order valence-corrected chi connectivity index (χ1v) is 8.53. The van der Waals surface area contributed by atoms with Gasteiger partial charge in [-0.15, -0.1) is 0 Å². The molecule has 132 valence electrons. The van der Waals surface area contributed by atoms with Gasteiger partial charge in [-0.25, -0.2) is 4.79 Å². The number of amides is 3. The van der Waals surface area contributed by atoms with Crippen molar-refractivity contribution in [2.45, 2.75) is 25.0 Å². The average molecular weight is 343 g/mol. The fraction of sp³-hybridized carbons (Fsp3) is 0.471. The van der Waals surface area contributed by atoms with Crippen LogP contribution in [-0.2, 0) is 16.0 Å². The molecule has 3 N–H and O–H groups in total. The molecule has 8 nitrogen and oxygen atoms in total. The Morgan fingerprint density at radius 3 is 2.96 bits per heavy atom. The highest BCUT2D eigenvalue weighted by atomic mass is 16.5. The lowest BCUT2D eigenvalue weighted by molar-refractivity contribution is -0.119. The number of ether oxygens (including phenoxy) is 1. The van der Waals surface area contributed by atoms with E-state index < -0.39 is 5.72 Å². The van der Waals surface area contributed by atoms with Gasteiger partial charge in [0.2, 0.25) is 5.91 Å². The maximum absolute atomic E-state index is 12.3. The molecule has 1 aromatic heterocycles. The Morgan fingerprint density at radius 2 is 2.20 bits per heavy atom. The molecule has 1 aromatic carbocycles. The van der Waals surface area contributed by atoms with Gasteiger partial charge in [0.1, 0.15) is 12.3 Å². The van der Waals surface area contributed by atoms with E-state index >= 15 is 0 Å². The summed E-state index contributed by atoms with van der Waals surface area (Å²) in [5, 5.41) is 13.9. The van der Waals surface area contributed by atoms with Crippen molar-refractivity contribution < 1.29 is 14.3 Å². The normalized spacial score (nSPS) is 19.4. The van der Waals surface area contributed by atoms with E-state index in [1.54, 1.807) is 11.1 Å². The molecule has 4 rings (SSSR count). The molecular formula is C17H21N5O3. The molecule has 1 spiro atoms. The zero-order valence-corrected chi connectivity index (χ0v) is 13.9. The molecule has 2 aliphatic rings. The molecule has 8 heteroatoms. The van der Waals surface area contributed by atoms with Gasteiger partial charge >= 0.3 is 6.03 Å². The number of piperidine rings is 1. The number of nitrogens with zero attached hydrogens (tertiary/aromatic N) is 2. The summed E-state index contributed by atoms with van der Waals surface area (Å²) in [6.45, 7) is 1.85. The summed E-state index contributed by atoms with van der Waals surface area (Å²) in [5.74, 6) is -0.0767. The van der Waals surface area contributed by atoms with Crippen LogP contribution in [0.3, 0.4) is 0 Å². The molecule has 0 aliphatic carbocycles. The predicted octanol–water partition coefficient (Wildman–Crippen LogP) is 0.753. The summed E-state index contributed by atoms with van der Waals surface area (Å²) in [6, 6.07) is 6.06. The van der Waals surface area contributed by atoms with Crippen LogP contribution in [0.1, 0.15) is 18.4 Å². The van der Waals surface area contributed by atoms with E-state index in [9.17, 15) is 9.59 Å². The smallest absolute Gasteiger partial charge is 0.317 e. The molecule has 2 aromatic rings. The topological polar surface area (TPSA) is 99.3 Å². The van der Waals surface area contributed by atoms with Crippen LogP contribution in [0.4, 0.5) is 4.79 Å². The van der Waals surface area contributed by atoms with Crippen molar-refractivity contribution in [1.29, 1.82) is 0 Å². The van der Waals surface area contributed by atoms with E-state index in [2.05, 4.69) is 33.0 Å². The Hall–Kier alpha value is -2.61. The quantitative estimate of drug-likeness (QED) is 0.766. The van der Waals surface area contributed by atoms with E-state index in [0.29, 0.717) is 32.5 Å². The van der Waals surface area contributed by atoms with E-state index in [-0.39, 0.29) is 18.5 Å². The first-order chi connectivity index (χ1) is 12.1. The Labute approximate surface area is 144 Å². The Balaban J connectivity index is 1.24. The predicted molar refractivity (Wildman–Crippen MR) is 90.8 cm³/mol. The maximum Gasteiger partial charge on any atom is 0.317 e. The van der Waals surface area contributed by atoms with Crippen molar-refractivity contribution in [1.82, 2.24) is 25.7 Å². The number of rotatable bonds is 3. The minimum Gasteiger partial charge on any atom is -0.346 e. The van der Waals surface area contributed by atoms with Gasteiger partial charge in [-0.2, -0.15) is 5.10 Å². The zero-order chi connectivity index (χ0) is 17.3. The third kappa shape index (κ3) is 3.30. The number of benzene rings is 1. The zero-order valence-electron chi connectivity index (χ0n) is 13.9. The molecule has 0 atom stereocenters. The van der Waals surface area contributed by atoms with Crippen LogP contribution in [0.5, 0.6) is 0 Å². The number of aromatic nitrogens is 2. The summed E-state index contributed by atoms with van der Waals surface area (Å²) >= 11 is 0. The summed E-state index contributed by atoms with van der Waals surface area (Å²) in [4.78, 5) is 25.4. The second-order valence-corrected chi connectivity index (χ2v) is 6.59. The molecule has 0 radical (unpaired) electrons. The SMILES string of the molecule is O=C1COC2(CCN(C(=O)NCCc3ccc4cn[nH]c4c3)CC2)N1. The van der Waals surface area contributed by atoms with Crippen molar-refractivity contribution in [3.05, 3.63) is 30.0 Å². The molecule has 25 heavy (non-hydrogen) atoms. The third-order valence-corrected chi connectivity index (χ3v) is 4.90. The number of urea groups is 1. The lowest BCUT2D eigenvalue weighted by atomic mass is 10.0. The summed E-state index contributed by atoms with van der Waals surface area (Å²) < 4.78 is 5.56. The molecule has 2 aliphatic heterocycles. The fourth-order valence-corrected chi connectivity index (χ4v) is 3.44. The van der Waals surface area contributed by atoms with Gasteiger partial charge in [0.15, 0.2) is 0 Å². The number of likely N-dealkylation sites (tertiary alicyclic amines) is 1. The average Bonchev–Trinajstić information content (AvgIpc) is 3.22. The molecule has 3 heterocycles. The van der Waals surface area contributed by atoms with Gasteiger partial charge in [-0.1, -0.05) is 12.1 Å². The molecule has 2 fully saturated rings. The lowest BCUT2D eigenvalue weighted by Crippen LogP contribution is -2.54. The summed E-state index contributed by atoms with van der Waals surface area (Å²) in [6.07, 6.45) is 3.81. The van der Waals surface area contributed by atoms with Crippen molar-refractivity contribution in [2.24, 2.45) is 0 Å².